The van der Waals surface area contributed by atoms with Gasteiger partial charge in [0.15, 0.2) is 0 Å². The maximum Gasteiger partial charge on any atom is 0.140 e. The second-order valence-electron chi connectivity index (χ2n) is 6.55. The average Bonchev–Trinajstić information content (AvgIpc) is 2.61. The van der Waals surface area contributed by atoms with Gasteiger partial charge in [-0.3, -0.25) is 4.79 Å². The zero-order chi connectivity index (χ0) is 17.2. The van der Waals surface area contributed by atoms with Crippen LogP contribution in [0.5, 0.6) is 0 Å². The smallest absolute Gasteiger partial charge is 0.140 e. The number of nitrogens with two attached hydrogens (primary N) is 1. The number of hydrogen-bond donors (Lipinski definition) is 1. The molecule has 128 valence electrons. The Morgan fingerprint density at radius 1 is 1.00 bits per heavy atom. The minimum Gasteiger partial charge on any atom is -0.328 e. The molecule has 0 aliphatic heterocycles. The van der Waals surface area contributed by atoms with E-state index in [0.717, 1.165) is 37.7 Å². The van der Waals surface area contributed by atoms with Crippen molar-refractivity contribution >= 4 is 5.78 Å². The van der Waals surface area contributed by atoms with Crippen LogP contribution in [0.4, 0.5) is 0 Å². The SMILES string of the molecule is CCCC(=O)C(CC(N)CCCc1ccccc1)c1ccccc1. The minimum atomic E-state index is -0.0575. The molecule has 0 amide bonds. The van der Waals surface area contributed by atoms with E-state index in [-0.39, 0.29) is 12.0 Å². The lowest BCUT2D eigenvalue weighted by Crippen LogP contribution is -2.26. The van der Waals surface area contributed by atoms with Crippen molar-refractivity contribution < 1.29 is 4.79 Å². The molecule has 2 rings (SSSR count). The lowest BCUT2D eigenvalue weighted by atomic mass is 9.85. The molecule has 24 heavy (non-hydrogen) atoms. The highest BCUT2D eigenvalue weighted by Gasteiger charge is 2.22. The molecular weight excluding hydrogens is 294 g/mol. The third kappa shape index (κ3) is 5.93. The highest BCUT2D eigenvalue weighted by Crippen LogP contribution is 2.25. The van der Waals surface area contributed by atoms with Crippen molar-refractivity contribution in [1.29, 1.82) is 0 Å². The Balaban J connectivity index is 1.89. The lowest BCUT2D eigenvalue weighted by Gasteiger charge is -2.20. The van der Waals surface area contributed by atoms with Gasteiger partial charge in [-0.2, -0.15) is 0 Å². The first-order valence-corrected chi connectivity index (χ1v) is 9.08. The van der Waals surface area contributed by atoms with E-state index >= 15 is 0 Å². The summed E-state index contributed by atoms with van der Waals surface area (Å²) < 4.78 is 0. The molecule has 0 aromatic heterocycles. The van der Waals surface area contributed by atoms with E-state index in [2.05, 4.69) is 43.3 Å². The largest absolute Gasteiger partial charge is 0.328 e. The molecule has 2 atom stereocenters. The standard InChI is InChI=1S/C22H29NO/c1-2-10-22(24)21(19-14-7-4-8-15-19)17-20(23)16-9-13-18-11-5-3-6-12-18/h3-8,11-12,14-15,20-21H,2,9-10,13,16-17,23H2,1H3. The van der Waals surface area contributed by atoms with Gasteiger partial charge in [0, 0.05) is 18.4 Å². The quantitative estimate of drug-likeness (QED) is 0.677. The number of carbonyl (C=O) groups excluding carboxylic acids is 1. The molecule has 0 aliphatic carbocycles. The highest BCUT2D eigenvalue weighted by molar-refractivity contribution is 5.85. The molecule has 0 saturated carbocycles. The van der Waals surface area contributed by atoms with E-state index in [1.165, 1.54) is 5.56 Å². The van der Waals surface area contributed by atoms with Crippen molar-refractivity contribution in [3.63, 3.8) is 0 Å². The Labute approximate surface area is 146 Å². The van der Waals surface area contributed by atoms with E-state index in [4.69, 9.17) is 5.73 Å². The van der Waals surface area contributed by atoms with Gasteiger partial charge in [-0.05, 0) is 43.2 Å². The van der Waals surface area contributed by atoms with E-state index in [1.54, 1.807) is 0 Å². The molecule has 0 fully saturated rings. The van der Waals surface area contributed by atoms with Crippen LogP contribution in [0, 0.1) is 0 Å². The molecule has 2 unspecified atom stereocenters. The second-order valence-corrected chi connectivity index (χ2v) is 6.55. The summed E-state index contributed by atoms with van der Waals surface area (Å²) in [5, 5.41) is 0. The molecule has 0 spiro atoms. The van der Waals surface area contributed by atoms with E-state index in [1.807, 2.05) is 24.3 Å². The molecule has 0 bridgehead atoms. The average molecular weight is 323 g/mol. The van der Waals surface area contributed by atoms with E-state index in [9.17, 15) is 4.79 Å². The van der Waals surface area contributed by atoms with E-state index < -0.39 is 0 Å². The van der Waals surface area contributed by atoms with Crippen LogP contribution >= 0.6 is 0 Å². The van der Waals surface area contributed by atoms with Gasteiger partial charge in [0.2, 0.25) is 0 Å². The molecule has 0 aliphatic rings. The number of carbonyl (C=O) groups is 1. The first-order valence-electron chi connectivity index (χ1n) is 9.08. The fraction of sp³-hybridized carbons (Fsp3) is 0.409. The van der Waals surface area contributed by atoms with E-state index in [0.29, 0.717) is 12.2 Å². The lowest BCUT2D eigenvalue weighted by molar-refractivity contribution is -0.120. The second kappa shape index (κ2) is 10.0. The van der Waals surface area contributed by atoms with Crippen molar-refractivity contribution in [3.05, 3.63) is 71.8 Å². The third-order valence-corrected chi connectivity index (χ3v) is 4.51. The number of ketones is 1. The molecule has 0 radical (unpaired) electrons. The first kappa shape index (κ1) is 18.4. The molecule has 2 N–H and O–H groups in total. The van der Waals surface area contributed by atoms with Gasteiger partial charge in [-0.1, -0.05) is 67.6 Å². The monoisotopic (exact) mass is 323 g/mol. The molecule has 2 aromatic rings. The zero-order valence-electron chi connectivity index (χ0n) is 14.7. The van der Waals surface area contributed by atoms with Crippen molar-refractivity contribution in [1.82, 2.24) is 0 Å². The van der Waals surface area contributed by atoms with Gasteiger partial charge in [0.25, 0.3) is 0 Å². The number of Topliss-reactive ketones (excluding diaryl/α,β-unsaturated/α-hetero) is 1. The van der Waals surface area contributed by atoms with Crippen LogP contribution in [0.25, 0.3) is 0 Å². The fourth-order valence-electron chi connectivity index (χ4n) is 3.19. The molecule has 0 heterocycles. The van der Waals surface area contributed by atoms with Crippen LogP contribution in [0.3, 0.4) is 0 Å². The number of benzene rings is 2. The Kier molecular flexibility index (Phi) is 7.70. The molecule has 2 nitrogen and oxygen atoms in total. The highest BCUT2D eigenvalue weighted by atomic mass is 16.1. The molecule has 2 aromatic carbocycles. The molecular formula is C22H29NO. The van der Waals surface area contributed by atoms with Crippen molar-refractivity contribution in [3.8, 4) is 0 Å². The van der Waals surface area contributed by atoms with Gasteiger partial charge >= 0.3 is 0 Å². The summed E-state index contributed by atoms with van der Waals surface area (Å²) in [5.41, 5.74) is 8.82. The van der Waals surface area contributed by atoms with Gasteiger partial charge in [-0.15, -0.1) is 0 Å². The van der Waals surface area contributed by atoms with Gasteiger partial charge < -0.3 is 5.73 Å². The maximum absolute atomic E-state index is 12.5. The van der Waals surface area contributed by atoms with Gasteiger partial charge in [0.05, 0.1) is 0 Å². The summed E-state index contributed by atoms with van der Waals surface area (Å²) in [6.07, 6.45) is 5.35. The third-order valence-electron chi connectivity index (χ3n) is 4.51. The summed E-state index contributed by atoms with van der Waals surface area (Å²) in [5.74, 6) is 0.264. The summed E-state index contributed by atoms with van der Waals surface area (Å²) in [7, 11) is 0. The van der Waals surface area contributed by atoms with Crippen LogP contribution in [-0.2, 0) is 11.2 Å². The van der Waals surface area contributed by atoms with Crippen LogP contribution in [-0.4, -0.2) is 11.8 Å². The van der Waals surface area contributed by atoms with Gasteiger partial charge in [-0.25, -0.2) is 0 Å². The minimum absolute atomic E-state index is 0.0575. The van der Waals surface area contributed by atoms with Crippen LogP contribution in [0.2, 0.25) is 0 Å². The number of rotatable bonds is 10. The van der Waals surface area contributed by atoms with Crippen LogP contribution in [0.1, 0.15) is 56.1 Å². The Hall–Kier alpha value is -1.93. The topological polar surface area (TPSA) is 43.1 Å². The van der Waals surface area contributed by atoms with Crippen LogP contribution < -0.4 is 5.73 Å². The molecule has 2 heteroatoms. The summed E-state index contributed by atoms with van der Waals surface area (Å²) in [4.78, 5) is 12.5. The van der Waals surface area contributed by atoms with Crippen molar-refractivity contribution in [2.75, 3.05) is 0 Å². The molecule has 0 saturated heterocycles. The number of aryl methyl sites for hydroxylation is 1. The fourth-order valence-corrected chi connectivity index (χ4v) is 3.19. The predicted octanol–water partition coefficient (Wildman–Crippen LogP) is 4.88. The normalized spacial score (nSPS) is 13.4. The Morgan fingerprint density at radius 3 is 2.25 bits per heavy atom. The van der Waals surface area contributed by atoms with Gasteiger partial charge in [0.1, 0.15) is 5.78 Å². The van der Waals surface area contributed by atoms with Crippen LogP contribution in [0.15, 0.2) is 60.7 Å². The zero-order valence-corrected chi connectivity index (χ0v) is 14.7. The summed E-state index contributed by atoms with van der Waals surface area (Å²) in [6, 6.07) is 20.7. The maximum atomic E-state index is 12.5. The summed E-state index contributed by atoms with van der Waals surface area (Å²) >= 11 is 0. The van der Waals surface area contributed by atoms with Crippen molar-refractivity contribution in [2.24, 2.45) is 5.73 Å². The predicted molar refractivity (Wildman–Crippen MR) is 101 cm³/mol. The Bertz CT molecular complexity index is 594. The summed E-state index contributed by atoms with van der Waals surface area (Å²) in [6.45, 7) is 2.06. The van der Waals surface area contributed by atoms with Crippen molar-refractivity contribution in [2.45, 2.75) is 57.4 Å². The Morgan fingerprint density at radius 2 is 1.62 bits per heavy atom. The number of hydrogen-bond acceptors (Lipinski definition) is 2. The first-order chi connectivity index (χ1) is 11.7.